The summed E-state index contributed by atoms with van der Waals surface area (Å²) in [6.45, 7) is 1.32. The number of rotatable bonds is 3. The maximum absolute atomic E-state index is 12.0. The van der Waals surface area contributed by atoms with Crippen molar-refractivity contribution in [3.05, 3.63) is 53.1 Å². The van der Waals surface area contributed by atoms with Gasteiger partial charge in [0.15, 0.2) is 0 Å². The Morgan fingerprint density at radius 3 is 2.82 bits per heavy atom. The molecule has 1 saturated heterocycles. The van der Waals surface area contributed by atoms with Gasteiger partial charge in [0.25, 0.3) is 5.56 Å². The van der Waals surface area contributed by atoms with Gasteiger partial charge in [-0.15, -0.1) is 0 Å². The minimum Gasteiger partial charge on any atom is -0.356 e. The normalized spacial score (nSPS) is 18.5. The molecule has 1 aliphatic rings. The lowest BCUT2D eigenvalue weighted by molar-refractivity contribution is -0.120. The molecule has 1 amide bonds. The zero-order valence-electron chi connectivity index (χ0n) is 12.4. The van der Waals surface area contributed by atoms with Crippen LogP contribution in [0.4, 0.5) is 0 Å². The van der Waals surface area contributed by atoms with Gasteiger partial charge in [0.2, 0.25) is 5.91 Å². The highest BCUT2D eigenvalue weighted by atomic mass is 16.1. The van der Waals surface area contributed by atoms with Crippen molar-refractivity contribution in [2.45, 2.75) is 25.8 Å². The van der Waals surface area contributed by atoms with Crippen LogP contribution in [-0.2, 0) is 11.3 Å². The van der Waals surface area contributed by atoms with Crippen molar-refractivity contribution in [1.82, 2.24) is 14.9 Å². The number of aromatic nitrogens is 2. The third kappa shape index (κ3) is 3.42. The third-order valence-corrected chi connectivity index (χ3v) is 4.05. The van der Waals surface area contributed by atoms with Crippen LogP contribution < -0.4 is 10.9 Å². The minimum atomic E-state index is -0.0942. The van der Waals surface area contributed by atoms with E-state index in [0.29, 0.717) is 25.4 Å². The standard InChI is InChI=1S/C17H19N3O2/c21-16-7-6-13(8-9-18-16)11-20-12-15(19-10-17(20)22)14-4-2-1-3-5-14/h1-5,10,12-13H,6-9,11H2,(H,18,21)/t13-/m1/s1. The minimum absolute atomic E-state index is 0.0942. The van der Waals surface area contributed by atoms with E-state index in [-0.39, 0.29) is 11.5 Å². The fourth-order valence-electron chi connectivity index (χ4n) is 2.79. The molecule has 0 saturated carbocycles. The van der Waals surface area contributed by atoms with E-state index in [1.54, 1.807) is 4.57 Å². The maximum atomic E-state index is 12.0. The molecule has 0 aliphatic carbocycles. The summed E-state index contributed by atoms with van der Waals surface area (Å²) in [7, 11) is 0. The molecule has 1 atom stereocenters. The van der Waals surface area contributed by atoms with Gasteiger partial charge in [0.05, 0.1) is 11.9 Å². The molecule has 3 rings (SSSR count). The molecule has 0 radical (unpaired) electrons. The highest BCUT2D eigenvalue weighted by molar-refractivity contribution is 5.76. The van der Waals surface area contributed by atoms with Crippen molar-refractivity contribution in [1.29, 1.82) is 0 Å². The molecule has 22 heavy (non-hydrogen) atoms. The number of amides is 1. The van der Waals surface area contributed by atoms with Crippen molar-refractivity contribution < 1.29 is 4.79 Å². The molecule has 2 heterocycles. The molecule has 5 heteroatoms. The summed E-state index contributed by atoms with van der Waals surface area (Å²) in [5, 5.41) is 2.87. The summed E-state index contributed by atoms with van der Waals surface area (Å²) in [5.74, 6) is 0.442. The van der Waals surface area contributed by atoms with Gasteiger partial charge in [0.1, 0.15) is 0 Å². The molecular formula is C17H19N3O2. The van der Waals surface area contributed by atoms with E-state index in [2.05, 4.69) is 10.3 Å². The maximum Gasteiger partial charge on any atom is 0.269 e. The molecule has 1 aromatic carbocycles. The molecule has 5 nitrogen and oxygen atoms in total. The molecule has 1 fully saturated rings. The van der Waals surface area contributed by atoms with Crippen LogP contribution in [0.2, 0.25) is 0 Å². The fraction of sp³-hybridized carbons (Fsp3) is 0.353. The number of nitrogens with one attached hydrogen (secondary N) is 1. The Hall–Kier alpha value is -2.43. The van der Waals surface area contributed by atoms with Gasteiger partial charge in [0, 0.05) is 31.3 Å². The highest BCUT2D eigenvalue weighted by Crippen LogP contribution is 2.18. The average Bonchev–Trinajstić information content (AvgIpc) is 2.75. The van der Waals surface area contributed by atoms with E-state index < -0.39 is 0 Å². The number of carbonyl (C=O) groups excluding carboxylic acids is 1. The van der Waals surface area contributed by atoms with Gasteiger partial charge < -0.3 is 9.88 Å². The average molecular weight is 297 g/mol. The SMILES string of the molecule is O=C1CC[C@@H](Cn2cc(-c3ccccc3)ncc2=O)CCN1. The topological polar surface area (TPSA) is 64.0 Å². The third-order valence-electron chi connectivity index (χ3n) is 4.05. The van der Waals surface area contributed by atoms with Crippen LogP contribution in [0.3, 0.4) is 0 Å². The number of carbonyl (C=O) groups is 1. The van der Waals surface area contributed by atoms with Crippen molar-refractivity contribution in [2.75, 3.05) is 6.54 Å². The number of benzene rings is 1. The van der Waals surface area contributed by atoms with Crippen LogP contribution in [0, 0.1) is 5.92 Å². The van der Waals surface area contributed by atoms with Gasteiger partial charge in [-0.05, 0) is 18.8 Å². The van der Waals surface area contributed by atoms with Crippen LogP contribution in [0.5, 0.6) is 0 Å². The molecule has 0 spiro atoms. The largest absolute Gasteiger partial charge is 0.356 e. The van der Waals surface area contributed by atoms with Crippen molar-refractivity contribution in [3.8, 4) is 11.3 Å². The molecule has 2 aromatic rings. The Balaban J connectivity index is 1.81. The summed E-state index contributed by atoms with van der Waals surface area (Å²) < 4.78 is 1.72. The first-order chi connectivity index (χ1) is 10.7. The zero-order valence-corrected chi connectivity index (χ0v) is 12.4. The lowest BCUT2D eigenvalue weighted by atomic mass is 10.0. The van der Waals surface area contributed by atoms with Gasteiger partial charge in [-0.3, -0.25) is 9.59 Å². The van der Waals surface area contributed by atoms with Crippen molar-refractivity contribution >= 4 is 5.91 Å². The van der Waals surface area contributed by atoms with E-state index in [0.717, 1.165) is 24.1 Å². The summed E-state index contributed by atoms with van der Waals surface area (Å²) in [5.41, 5.74) is 1.69. The molecule has 0 bridgehead atoms. The second-order valence-corrected chi connectivity index (χ2v) is 5.67. The monoisotopic (exact) mass is 297 g/mol. The van der Waals surface area contributed by atoms with E-state index >= 15 is 0 Å². The Labute approximate surface area is 129 Å². The Kier molecular flexibility index (Phi) is 4.32. The highest BCUT2D eigenvalue weighted by Gasteiger charge is 2.17. The molecule has 114 valence electrons. The molecular weight excluding hydrogens is 278 g/mol. The fourth-order valence-corrected chi connectivity index (χ4v) is 2.79. The number of hydrogen-bond donors (Lipinski definition) is 1. The first-order valence-corrected chi connectivity index (χ1v) is 7.61. The summed E-state index contributed by atoms with van der Waals surface area (Å²) in [4.78, 5) is 27.7. The molecule has 1 aromatic heterocycles. The lowest BCUT2D eigenvalue weighted by Gasteiger charge is -2.15. The van der Waals surface area contributed by atoms with Crippen LogP contribution in [0.1, 0.15) is 19.3 Å². The number of nitrogens with zero attached hydrogens (tertiary/aromatic N) is 2. The molecule has 1 aliphatic heterocycles. The van der Waals surface area contributed by atoms with E-state index in [1.165, 1.54) is 6.20 Å². The van der Waals surface area contributed by atoms with Crippen LogP contribution >= 0.6 is 0 Å². The zero-order chi connectivity index (χ0) is 15.4. The van der Waals surface area contributed by atoms with Crippen LogP contribution in [0.25, 0.3) is 11.3 Å². The van der Waals surface area contributed by atoms with Crippen LogP contribution in [-0.4, -0.2) is 22.0 Å². The first-order valence-electron chi connectivity index (χ1n) is 7.61. The number of hydrogen-bond acceptors (Lipinski definition) is 3. The van der Waals surface area contributed by atoms with Crippen LogP contribution in [0.15, 0.2) is 47.5 Å². The van der Waals surface area contributed by atoms with Gasteiger partial charge in [-0.25, -0.2) is 4.98 Å². The smallest absolute Gasteiger partial charge is 0.269 e. The molecule has 0 unspecified atom stereocenters. The summed E-state index contributed by atoms with van der Waals surface area (Å²) >= 11 is 0. The Morgan fingerprint density at radius 1 is 1.18 bits per heavy atom. The van der Waals surface area contributed by atoms with E-state index in [1.807, 2.05) is 36.5 Å². The predicted molar refractivity (Wildman–Crippen MR) is 84.3 cm³/mol. The second kappa shape index (κ2) is 6.56. The summed E-state index contributed by atoms with van der Waals surface area (Å²) in [6.07, 6.45) is 5.46. The van der Waals surface area contributed by atoms with Gasteiger partial charge in [-0.2, -0.15) is 0 Å². The van der Waals surface area contributed by atoms with Gasteiger partial charge in [-0.1, -0.05) is 30.3 Å². The summed E-state index contributed by atoms with van der Waals surface area (Å²) in [6, 6.07) is 9.82. The molecule has 1 N–H and O–H groups in total. The predicted octanol–water partition coefficient (Wildman–Crippen LogP) is 1.83. The van der Waals surface area contributed by atoms with Gasteiger partial charge >= 0.3 is 0 Å². The van der Waals surface area contributed by atoms with E-state index in [4.69, 9.17) is 0 Å². The van der Waals surface area contributed by atoms with E-state index in [9.17, 15) is 9.59 Å². The Bertz CT molecular complexity index is 709. The second-order valence-electron chi connectivity index (χ2n) is 5.67. The lowest BCUT2D eigenvalue weighted by Crippen LogP contribution is -2.24. The first kappa shape index (κ1) is 14.5. The quantitative estimate of drug-likeness (QED) is 0.940. The Morgan fingerprint density at radius 2 is 2.00 bits per heavy atom. The van der Waals surface area contributed by atoms with Crippen molar-refractivity contribution in [2.24, 2.45) is 5.92 Å². The van der Waals surface area contributed by atoms with Crippen molar-refractivity contribution in [3.63, 3.8) is 0 Å².